The molecule has 9 atom stereocenters. The summed E-state index contributed by atoms with van der Waals surface area (Å²) in [5.74, 6) is -5.61. The number of rotatable bonds is 3. The van der Waals surface area contributed by atoms with E-state index in [1.54, 1.807) is 26.0 Å². The van der Waals surface area contributed by atoms with E-state index in [0.29, 0.717) is 24.8 Å². The quantitative estimate of drug-likeness (QED) is 0.0984. The Morgan fingerprint density at radius 2 is 1.61 bits per heavy atom. The van der Waals surface area contributed by atoms with Gasteiger partial charge in [0.1, 0.15) is 11.9 Å². The van der Waals surface area contributed by atoms with E-state index < -0.39 is 83.5 Å². The van der Waals surface area contributed by atoms with Gasteiger partial charge in [-0.05, 0) is 31.6 Å². The molecule has 4 aliphatic heterocycles. The van der Waals surface area contributed by atoms with Crippen LogP contribution in [-0.4, -0.2) is 107 Å². The Bertz CT molecular complexity index is 1340. The Kier molecular flexibility index (Phi) is 15.8. The average molecular weight is 793 g/mol. The molecule has 4 aliphatic rings. The minimum absolute atomic E-state index is 0. The Morgan fingerprint density at radius 3 is 2.25 bits per heavy atom. The first-order valence-corrected chi connectivity index (χ1v) is 17.4. The number of methoxy groups -OCH3 is 2. The van der Waals surface area contributed by atoms with Crippen LogP contribution < -0.4 is 58.2 Å². The predicted octanol–water partition coefficient (Wildman–Crippen LogP) is -0.0202. The number of hydrogen-bond donors (Lipinski definition) is 4. The van der Waals surface area contributed by atoms with Gasteiger partial charge >= 0.3 is 70.1 Å². The van der Waals surface area contributed by atoms with Crippen LogP contribution in [0.2, 0.25) is 0 Å². The smallest absolute Gasteiger partial charge is 0.479 e. The first-order chi connectivity index (χ1) is 23.3. The molecule has 14 heteroatoms. The molecule has 0 spiro atoms. The second-order valence-corrected chi connectivity index (χ2v) is 15.3. The number of carbonyl (C=O) groups excluding carboxylic acids is 3. The summed E-state index contributed by atoms with van der Waals surface area (Å²) >= 11 is 0. The van der Waals surface area contributed by atoms with E-state index in [4.69, 9.17) is 28.4 Å². The number of carbonyl (C=O) groups is 3. The maximum atomic E-state index is 13.0. The monoisotopic (exact) mass is 792 g/mol. The molecule has 6 bridgehead atoms. The molecule has 3 saturated heterocycles. The van der Waals surface area contributed by atoms with Crippen molar-refractivity contribution in [1.82, 2.24) is 0 Å². The minimum atomic E-state index is -1.98. The fourth-order valence-corrected chi connectivity index (χ4v) is 7.29. The second-order valence-electron chi connectivity index (χ2n) is 15.3. The zero-order valence-electron chi connectivity index (χ0n) is 31.3. The van der Waals surface area contributed by atoms with E-state index in [1.807, 2.05) is 20.8 Å². The molecule has 0 amide bonds. The van der Waals surface area contributed by atoms with Gasteiger partial charge in [0.25, 0.3) is 0 Å². The van der Waals surface area contributed by atoms with Gasteiger partial charge in [0, 0.05) is 36.2 Å². The third kappa shape index (κ3) is 11.1. The molecule has 4 heterocycles. The predicted molar refractivity (Wildman–Crippen MR) is 179 cm³/mol. The summed E-state index contributed by atoms with van der Waals surface area (Å²) in [6, 6.07) is 0. The van der Waals surface area contributed by atoms with Gasteiger partial charge in [-0.15, -0.1) is 6.08 Å². The van der Waals surface area contributed by atoms with Crippen LogP contribution in [0.3, 0.4) is 0 Å². The van der Waals surface area contributed by atoms with E-state index in [1.165, 1.54) is 32.8 Å². The number of cyclic esters (lactones) is 1. The second kappa shape index (κ2) is 18.1. The molecule has 4 rings (SSSR count). The molecule has 3 fully saturated rings. The van der Waals surface area contributed by atoms with Gasteiger partial charge < -0.3 is 48.8 Å². The van der Waals surface area contributed by atoms with Crippen LogP contribution in [0.25, 0.3) is 0 Å². The maximum Gasteiger partial charge on any atom is 1.00 e. The fourth-order valence-electron chi connectivity index (χ4n) is 7.29. The number of aliphatic hydroxyl groups is 4. The van der Waals surface area contributed by atoms with E-state index in [9.17, 15) is 34.8 Å². The van der Waals surface area contributed by atoms with Crippen molar-refractivity contribution in [3.63, 3.8) is 0 Å². The Hall–Kier alpha value is -0.975. The molecule has 0 aromatic rings. The minimum Gasteiger partial charge on any atom is -0.479 e. The first kappa shape index (κ1) is 44.4. The van der Waals surface area contributed by atoms with Gasteiger partial charge in [0.05, 0.1) is 57.8 Å². The van der Waals surface area contributed by atoms with Crippen LogP contribution in [-0.2, 0) is 42.8 Å². The van der Waals surface area contributed by atoms with E-state index in [2.05, 4.69) is 0 Å². The van der Waals surface area contributed by atoms with Gasteiger partial charge in [-0.2, -0.15) is 12.0 Å². The fraction of sp³-hybridized carbons (Fsp3) is 0.730. The number of fused-ring (bicyclic) bond motifs is 6. The van der Waals surface area contributed by atoms with Crippen molar-refractivity contribution in [2.75, 3.05) is 20.8 Å². The van der Waals surface area contributed by atoms with Crippen molar-refractivity contribution in [3.8, 4) is 0 Å². The van der Waals surface area contributed by atoms with Crippen LogP contribution in [0.15, 0.2) is 35.5 Å². The molecule has 0 saturated carbocycles. The van der Waals surface area contributed by atoms with E-state index in [0.717, 1.165) is 5.57 Å². The standard InChI is InChI=1S/C37H55O13.Rb/c1-22-10-27-16-25(39)17-33(42)48-30(21-38)18-28-13-24(15-32(41)46-7)19-36(43,49-28)34(2,3)9-8-26-11-23(14-31(40)45-6)12-29(47-26)20-37(44,50-27)35(22,4)5;/h8-9,14-15,19,22,25-30,38-39,43-44H,10-13,16-18,20-21H2,1-7H3;/q-1;+1/b9-8+,23-14+,24-15+;/t22-,25+,26-,27-,28-,29-,30+,36+,37-;/m0./s1. The van der Waals surface area contributed by atoms with Crippen LogP contribution in [0, 0.1) is 23.2 Å². The first-order valence-electron chi connectivity index (χ1n) is 17.4. The van der Waals surface area contributed by atoms with Crippen molar-refractivity contribution in [1.29, 1.82) is 0 Å². The van der Waals surface area contributed by atoms with Crippen LogP contribution in [0.5, 0.6) is 0 Å². The molecule has 0 unspecified atom stereocenters. The van der Waals surface area contributed by atoms with E-state index in [-0.39, 0.29) is 96.2 Å². The average Bonchev–Trinajstić information content (AvgIpc) is 3.01. The van der Waals surface area contributed by atoms with Crippen molar-refractivity contribution in [2.45, 2.75) is 134 Å². The molecule has 4 N–H and O–H groups in total. The van der Waals surface area contributed by atoms with Gasteiger partial charge in [0.15, 0.2) is 5.79 Å². The molecular formula is C37H55O13Rb. The number of esters is 3. The van der Waals surface area contributed by atoms with Crippen LogP contribution in [0.1, 0.15) is 86.0 Å². The molecule has 13 nitrogen and oxygen atoms in total. The number of hydrogen-bond acceptors (Lipinski definition) is 13. The van der Waals surface area contributed by atoms with Gasteiger partial charge in [0.2, 0.25) is 5.97 Å². The number of aliphatic hydroxyl groups excluding tert-OH is 2. The van der Waals surface area contributed by atoms with E-state index >= 15 is 0 Å². The Morgan fingerprint density at radius 1 is 0.941 bits per heavy atom. The summed E-state index contributed by atoms with van der Waals surface area (Å²) in [5, 5.41) is 45.3. The summed E-state index contributed by atoms with van der Waals surface area (Å²) in [6.07, 6.45) is 3.94. The molecule has 282 valence electrons. The maximum absolute atomic E-state index is 13.0. The molecule has 51 heavy (non-hydrogen) atoms. The zero-order valence-corrected chi connectivity index (χ0v) is 36.2. The zero-order chi connectivity index (χ0) is 37.1. The Balaban J connectivity index is 0.00000702. The largest absolute Gasteiger partial charge is 1.00 e. The third-order valence-corrected chi connectivity index (χ3v) is 10.9. The van der Waals surface area contributed by atoms with Gasteiger partial charge in [-0.25, -0.2) is 4.79 Å². The van der Waals surface area contributed by atoms with Crippen LogP contribution >= 0.6 is 0 Å². The normalized spacial score (nSPS) is 39.4. The van der Waals surface area contributed by atoms with Crippen molar-refractivity contribution in [2.24, 2.45) is 16.7 Å². The molecule has 0 aliphatic carbocycles. The summed E-state index contributed by atoms with van der Waals surface area (Å²) < 4.78 is 34.4. The molecule has 0 radical (unpaired) electrons. The van der Waals surface area contributed by atoms with Crippen molar-refractivity contribution in [3.05, 3.63) is 41.9 Å². The summed E-state index contributed by atoms with van der Waals surface area (Å²) in [5.41, 5.74) is -0.708. The topological polar surface area (TPSA) is 188 Å². The third-order valence-electron chi connectivity index (χ3n) is 10.9. The van der Waals surface area contributed by atoms with Crippen molar-refractivity contribution >= 4 is 17.9 Å². The van der Waals surface area contributed by atoms with Crippen LogP contribution in [0.4, 0.5) is 0 Å². The number of ether oxygens (including phenoxy) is 6. The molecular weight excluding hydrogens is 738 g/mol. The molecule has 0 aromatic carbocycles. The summed E-state index contributed by atoms with van der Waals surface area (Å²) in [6.45, 7) is 8.78. The summed E-state index contributed by atoms with van der Waals surface area (Å²) in [7, 11) is 2.54. The van der Waals surface area contributed by atoms with Gasteiger partial charge in [-0.1, -0.05) is 52.3 Å². The SMILES string of the molecule is COC(=O)/C=C1/[CH-][C@@]2(O)O[C@@H](C1)C[C@H](CO)OC(=O)C[C@H](O)C[C@@H]1C[C@H](C)C(C)(C)[C@](O)(C[C@@H]3C/C(=C/C(=O)OC)C[C@H](/C=C/C2(C)C)O3)O1.[Rb+]. The Labute approximate surface area is 349 Å². The van der Waals surface area contributed by atoms with Crippen molar-refractivity contribution < 1.29 is 121 Å². The summed E-state index contributed by atoms with van der Waals surface area (Å²) in [4.78, 5) is 37.5. The molecule has 0 aromatic heterocycles. The van der Waals surface area contributed by atoms with Gasteiger partial charge in [-0.3, -0.25) is 9.59 Å².